The summed E-state index contributed by atoms with van der Waals surface area (Å²) in [6, 6.07) is 4.53. The summed E-state index contributed by atoms with van der Waals surface area (Å²) in [7, 11) is -4.86. The van der Waals surface area contributed by atoms with E-state index in [1.165, 1.54) is 19.1 Å². The Morgan fingerprint density at radius 3 is 2.68 bits per heavy atom. The first-order valence-corrected chi connectivity index (χ1v) is 8.30. The van der Waals surface area contributed by atoms with E-state index in [4.69, 9.17) is 4.55 Å². The number of benzene rings is 1. The van der Waals surface area contributed by atoms with Crippen LogP contribution in [-0.4, -0.2) is 24.0 Å². The fourth-order valence-corrected chi connectivity index (χ4v) is 3.46. The van der Waals surface area contributed by atoms with Gasteiger partial charge in [-0.2, -0.15) is 8.42 Å². The van der Waals surface area contributed by atoms with Crippen molar-refractivity contribution in [1.82, 2.24) is 0 Å². The van der Waals surface area contributed by atoms with Crippen molar-refractivity contribution in [1.29, 1.82) is 0 Å². The van der Waals surface area contributed by atoms with Crippen molar-refractivity contribution in [2.24, 2.45) is 0 Å². The zero-order valence-corrected chi connectivity index (χ0v) is 12.3. The molecule has 1 aromatic rings. The summed E-state index contributed by atoms with van der Waals surface area (Å²) < 4.78 is 62.4. The molecule has 19 heavy (non-hydrogen) atoms. The zero-order valence-electron chi connectivity index (χ0n) is 9.81. The van der Waals surface area contributed by atoms with E-state index in [2.05, 4.69) is 8.71 Å². The molecule has 0 fully saturated rings. The van der Waals surface area contributed by atoms with Gasteiger partial charge in [-0.15, -0.1) is 0 Å². The predicted molar refractivity (Wildman–Crippen MR) is 67.5 cm³/mol. The average Bonchev–Trinajstić information content (AvgIpc) is 2.27. The van der Waals surface area contributed by atoms with Crippen LogP contribution in [0, 0.1) is 6.92 Å². The van der Waals surface area contributed by atoms with E-state index in [1.807, 2.05) is 0 Å². The highest BCUT2D eigenvalue weighted by molar-refractivity contribution is 7.87. The molecule has 0 saturated heterocycles. The second-order valence-electron chi connectivity index (χ2n) is 3.42. The Morgan fingerprint density at radius 1 is 1.42 bits per heavy atom. The summed E-state index contributed by atoms with van der Waals surface area (Å²) in [4.78, 5) is -0.177. The normalized spacial score (nSPS) is 13.6. The Hall–Kier alpha value is -0.700. The Labute approximate surface area is 114 Å². The van der Waals surface area contributed by atoms with E-state index in [9.17, 15) is 17.2 Å². The SMILES string of the molecule is Cc1cccc(CS(=O)O)c1S(=O)(=O)OCOP=O. The molecule has 1 N–H and O–H groups in total. The molecule has 1 unspecified atom stereocenters. The highest BCUT2D eigenvalue weighted by Crippen LogP contribution is 2.23. The first kappa shape index (κ1) is 16.4. The van der Waals surface area contributed by atoms with Gasteiger partial charge in [-0.1, -0.05) is 18.2 Å². The Morgan fingerprint density at radius 2 is 2.11 bits per heavy atom. The van der Waals surface area contributed by atoms with Crippen molar-refractivity contribution in [3.05, 3.63) is 29.3 Å². The van der Waals surface area contributed by atoms with Gasteiger partial charge in [0.2, 0.25) is 0 Å². The molecule has 0 aliphatic heterocycles. The van der Waals surface area contributed by atoms with Crippen LogP contribution in [0.1, 0.15) is 11.1 Å². The van der Waals surface area contributed by atoms with E-state index < -0.39 is 36.7 Å². The summed E-state index contributed by atoms with van der Waals surface area (Å²) in [6.07, 6.45) is 0. The maximum Gasteiger partial charge on any atom is 0.329 e. The summed E-state index contributed by atoms with van der Waals surface area (Å²) in [6.45, 7) is 0.829. The van der Waals surface area contributed by atoms with Crippen molar-refractivity contribution in [2.45, 2.75) is 17.6 Å². The van der Waals surface area contributed by atoms with Gasteiger partial charge in [0.25, 0.3) is 10.1 Å². The second-order valence-corrected chi connectivity index (χ2v) is 6.31. The van der Waals surface area contributed by atoms with Gasteiger partial charge in [0, 0.05) is 0 Å². The number of rotatable bonds is 7. The summed E-state index contributed by atoms with van der Waals surface area (Å²) in [5, 5.41) is 0. The highest BCUT2D eigenvalue weighted by atomic mass is 32.2. The van der Waals surface area contributed by atoms with E-state index in [0.29, 0.717) is 5.56 Å². The number of hydrogen-bond acceptors (Lipinski definition) is 6. The van der Waals surface area contributed by atoms with Crippen LogP contribution in [0.4, 0.5) is 0 Å². The first-order chi connectivity index (χ1) is 8.88. The Kier molecular flexibility index (Phi) is 6.18. The molecule has 0 amide bonds. The van der Waals surface area contributed by atoms with E-state index in [1.54, 1.807) is 6.07 Å². The fraction of sp³-hybridized carbons (Fsp3) is 0.333. The summed E-state index contributed by atoms with van der Waals surface area (Å²) >= 11 is -2.18. The third kappa shape index (κ3) is 4.72. The third-order valence-electron chi connectivity index (χ3n) is 2.13. The fourth-order valence-electron chi connectivity index (χ4n) is 1.48. The third-order valence-corrected chi connectivity index (χ3v) is 4.39. The van der Waals surface area contributed by atoms with Crippen LogP contribution in [0.2, 0.25) is 0 Å². The lowest BCUT2D eigenvalue weighted by Gasteiger charge is -2.11. The minimum atomic E-state index is -4.15. The molecule has 0 heterocycles. The van der Waals surface area contributed by atoms with Crippen LogP contribution in [0.25, 0.3) is 0 Å². The van der Waals surface area contributed by atoms with Gasteiger partial charge in [-0.25, -0.2) is 13.0 Å². The lowest BCUT2D eigenvalue weighted by Crippen LogP contribution is -2.13. The molecule has 0 spiro atoms. The molecule has 7 nitrogen and oxygen atoms in total. The Balaban J connectivity index is 3.16. The quantitative estimate of drug-likeness (QED) is 0.267. The van der Waals surface area contributed by atoms with E-state index >= 15 is 0 Å². The molecule has 0 saturated carbocycles. The van der Waals surface area contributed by atoms with Gasteiger partial charge in [0.05, 0.1) is 5.75 Å². The van der Waals surface area contributed by atoms with E-state index in [-0.39, 0.29) is 16.2 Å². The minimum Gasteiger partial charge on any atom is -0.306 e. The first-order valence-electron chi connectivity index (χ1n) is 4.88. The molecule has 1 atom stereocenters. The standard InChI is InChI=1S/C9H11O7PS2/c1-7-3-2-4-8(5-18(11)12)9(7)19(13,14)16-6-15-17-10/h2-4H,5-6H2,1H3,(H,11,12). The van der Waals surface area contributed by atoms with Crippen LogP contribution in [0.3, 0.4) is 0 Å². The summed E-state index contributed by atoms with van der Waals surface area (Å²) in [5.74, 6) is -0.333. The van der Waals surface area contributed by atoms with Gasteiger partial charge in [0.1, 0.15) is 4.90 Å². The van der Waals surface area contributed by atoms with Crippen molar-refractivity contribution >= 4 is 29.9 Å². The molecule has 0 aliphatic rings. The smallest absolute Gasteiger partial charge is 0.306 e. The lowest BCUT2D eigenvalue weighted by atomic mass is 10.2. The van der Waals surface area contributed by atoms with Crippen LogP contribution < -0.4 is 0 Å². The predicted octanol–water partition coefficient (Wildman–Crippen LogP) is 1.60. The minimum absolute atomic E-state index is 0.167. The molecule has 1 aromatic carbocycles. The van der Waals surface area contributed by atoms with Crippen LogP contribution >= 0.6 is 8.69 Å². The van der Waals surface area contributed by atoms with Crippen LogP contribution in [0.15, 0.2) is 23.1 Å². The number of aryl methyl sites for hydroxylation is 1. The van der Waals surface area contributed by atoms with Gasteiger partial charge in [0.15, 0.2) is 17.9 Å². The van der Waals surface area contributed by atoms with Crippen molar-refractivity contribution in [3.63, 3.8) is 0 Å². The molecule has 0 bridgehead atoms. The maximum atomic E-state index is 11.9. The van der Waals surface area contributed by atoms with Crippen LogP contribution in [0.5, 0.6) is 0 Å². The van der Waals surface area contributed by atoms with Crippen LogP contribution in [-0.2, 0) is 40.2 Å². The summed E-state index contributed by atoms with van der Waals surface area (Å²) in [5.41, 5.74) is 0.545. The molecule has 0 radical (unpaired) electrons. The molecule has 0 aromatic heterocycles. The average molecular weight is 326 g/mol. The second kappa shape index (κ2) is 7.18. The van der Waals surface area contributed by atoms with Gasteiger partial charge in [-0.3, -0.25) is 4.52 Å². The van der Waals surface area contributed by atoms with Crippen molar-refractivity contribution in [3.8, 4) is 0 Å². The molecule has 10 heteroatoms. The molecule has 106 valence electrons. The van der Waals surface area contributed by atoms with Gasteiger partial charge in [-0.05, 0) is 18.1 Å². The van der Waals surface area contributed by atoms with Gasteiger partial charge < -0.3 is 4.55 Å². The molecule has 1 rings (SSSR count). The lowest BCUT2D eigenvalue weighted by molar-refractivity contribution is 0.139. The van der Waals surface area contributed by atoms with Gasteiger partial charge >= 0.3 is 8.69 Å². The monoisotopic (exact) mass is 326 g/mol. The van der Waals surface area contributed by atoms with E-state index in [0.717, 1.165) is 0 Å². The van der Waals surface area contributed by atoms with Crippen molar-refractivity contribution in [2.75, 3.05) is 6.79 Å². The maximum absolute atomic E-state index is 11.9. The molecular weight excluding hydrogens is 315 g/mol. The highest BCUT2D eigenvalue weighted by Gasteiger charge is 2.23. The zero-order chi connectivity index (χ0) is 14.5. The number of hydrogen-bond donors (Lipinski definition) is 1. The molecule has 0 aliphatic carbocycles. The van der Waals surface area contributed by atoms with Crippen molar-refractivity contribution < 1.29 is 30.5 Å². The Bertz CT molecular complexity index is 584. The largest absolute Gasteiger partial charge is 0.329 e. The molecular formula is C9H11O7PS2. The topological polar surface area (TPSA) is 107 Å².